The summed E-state index contributed by atoms with van der Waals surface area (Å²) in [6, 6.07) is 9.83. The third-order valence-electron chi connectivity index (χ3n) is 2.17. The first-order valence-electron chi connectivity index (χ1n) is 4.75. The van der Waals surface area contributed by atoms with E-state index in [0.717, 1.165) is 5.56 Å². The van der Waals surface area contributed by atoms with E-state index in [-0.39, 0.29) is 12.7 Å². The van der Waals surface area contributed by atoms with E-state index in [0.29, 0.717) is 13.2 Å². The molecule has 0 aromatic heterocycles. The van der Waals surface area contributed by atoms with Crippen LogP contribution in [0, 0.1) is 0 Å². The zero-order valence-electron chi connectivity index (χ0n) is 7.89. The zero-order chi connectivity index (χ0) is 9.80. The van der Waals surface area contributed by atoms with Crippen LogP contribution in [0.1, 0.15) is 5.56 Å². The predicted octanol–water partition coefficient (Wildman–Crippen LogP) is 0.331. The minimum atomic E-state index is -0.723. The van der Waals surface area contributed by atoms with E-state index in [4.69, 9.17) is 9.47 Å². The Balaban J connectivity index is 1.67. The molecule has 2 rings (SSSR count). The second-order valence-corrected chi connectivity index (χ2v) is 3.41. The maximum Gasteiger partial charge on any atom is 0.0723 e. The lowest BCUT2D eigenvalue weighted by Gasteiger charge is -2.19. The maximum absolute atomic E-state index is 11.2. The van der Waals surface area contributed by atoms with Crippen LogP contribution in [0.3, 0.4) is 0 Å². The number of benzene rings is 1. The fourth-order valence-corrected chi connectivity index (χ4v) is 1.24. The molecule has 0 saturated carbocycles. The summed E-state index contributed by atoms with van der Waals surface area (Å²) in [5.41, 5.74) is 1.09. The van der Waals surface area contributed by atoms with Crippen molar-refractivity contribution < 1.29 is 14.6 Å². The molecule has 0 N–H and O–H groups in total. The number of hydrogen-bond acceptors (Lipinski definition) is 3. The summed E-state index contributed by atoms with van der Waals surface area (Å²) in [5.74, 6) is 0. The highest BCUT2D eigenvalue weighted by atomic mass is 16.6. The number of hydrogen-bond donors (Lipinski definition) is 0. The van der Waals surface area contributed by atoms with Crippen molar-refractivity contribution in [3.05, 3.63) is 35.9 Å². The summed E-state index contributed by atoms with van der Waals surface area (Å²) < 4.78 is 10.2. The van der Waals surface area contributed by atoms with Crippen molar-refractivity contribution in [2.24, 2.45) is 0 Å². The van der Waals surface area contributed by atoms with Crippen LogP contribution in [0.2, 0.25) is 0 Å². The Kier molecular flexibility index (Phi) is 3.14. The average Bonchev–Trinajstić information content (AvgIpc) is 3.02. The summed E-state index contributed by atoms with van der Waals surface area (Å²) in [6.45, 7) is 1.34. The quantitative estimate of drug-likeness (QED) is 0.633. The highest BCUT2D eigenvalue weighted by Gasteiger charge is 2.24. The van der Waals surface area contributed by atoms with E-state index < -0.39 is 6.10 Å². The molecule has 0 aliphatic carbocycles. The third-order valence-corrected chi connectivity index (χ3v) is 2.17. The first-order chi connectivity index (χ1) is 6.86. The van der Waals surface area contributed by atoms with Gasteiger partial charge < -0.3 is 14.6 Å². The molecule has 3 nitrogen and oxygen atoms in total. The van der Waals surface area contributed by atoms with Gasteiger partial charge in [-0.25, -0.2) is 0 Å². The summed E-state index contributed by atoms with van der Waals surface area (Å²) >= 11 is 0. The van der Waals surface area contributed by atoms with Crippen molar-refractivity contribution in [2.45, 2.75) is 18.8 Å². The van der Waals surface area contributed by atoms with E-state index >= 15 is 0 Å². The summed E-state index contributed by atoms with van der Waals surface area (Å²) in [4.78, 5) is 0. The average molecular weight is 193 g/mol. The van der Waals surface area contributed by atoms with Crippen molar-refractivity contribution >= 4 is 0 Å². The fraction of sp³-hybridized carbons (Fsp3) is 0.455. The van der Waals surface area contributed by atoms with E-state index in [1.807, 2.05) is 30.3 Å². The Morgan fingerprint density at radius 2 is 2.14 bits per heavy atom. The minimum absolute atomic E-state index is 0.106. The van der Waals surface area contributed by atoms with Crippen LogP contribution < -0.4 is 5.11 Å². The Labute approximate surface area is 83.3 Å². The molecule has 14 heavy (non-hydrogen) atoms. The van der Waals surface area contributed by atoms with Crippen LogP contribution in [-0.4, -0.2) is 25.4 Å². The molecule has 1 aliphatic rings. The lowest BCUT2D eigenvalue weighted by Crippen LogP contribution is -2.35. The van der Waals surface area contributed by atoms with Gasteiger partial charge in [-0.1, -0.05) is 36.4 Å². The van der Waals surface area contributed by atoms with Crippen LogP contribution in [0.4, 0.5) is 0 Å². The van der Waals surface area contributed by atoms with Gasteiger partial charge in [0.25, 0.3) is 0 Å². The van der Waals surface area contributed by atoms with Crippen LogP contribution in [0.25, 0.3) is 0 Å². The van der Waals surface area contributed by atoms with Crippen molar-refractivity contribution in [2.75, 3.05) is 13.2 Å². The van der Waals surface area contributed by atoms with Crippen LogP contribution in [0.5, 0.6) is 0 Å². The highest BCUT2D eigenvalue weighted by molar-refractivity contribution is 5.13. The zero-order valence-corrected chi connectivity index (χ0v) is 7.89. The molecule has 0 unspecified atom stereocenters. The lowest BCUT2D eigenvalue weighted by atomic mass is 10.2. The molecule has 0 radical (unpaired) electrons. The predicted molar refractivity (Wildman–Crippen MR) is 49.6 cm³/mol. The third kappa shape index (κ3) is 2.80. The molecule has 1 fully saturated rings. The van der Waals surface area contributed by atoms with Gasteiger partial charge in [0.1, 0.15) is 0 Å². The van der Waals surface area contributed by atoms with Crippen molar-refractivity contribution in [1.29, 1.82) is 0 Å². The standard InChI is InChI=1S/C11H13O3/c12-10(11-8-14-11)7-13-6-9-4-2-1-3-5-9/h1-5,10-11H,6-8H2/q-1/t10-,11-/m0/s1. The van der Waals surface area contributed by atoms with Gasteiger partial charge in [-0.3, -0.25) is 0 Å². The Bertz CT molecular complexity index is 269. The molecule has 1 heterocycles. The molecule has 2 atom stereocenters. The molecule has 76 valence electrons. The Morgan fingerprint density at radius 3 is 2.79 bits per heavy atom. The van der Waals surface area contributed by atoms with Gasteiger partial charge in [0.2, 0.25) is 0 Å². The lowest BCUT2D eigenvalue weighted by molar-refractivity contribution is -0.431. The number of rotatable bonds is 5. The number of epoxide rings is 1. The van der Waals surface area contributed by atoms with Gasteiger partial charge in [-0.05, 0) is 5.56 Å². The molecule has 3 heteroatoms. The monoisotopic (exact) mass is 193 g/mol. The molecular weight excluding hydrogens is 180 g/mol. The second-order valence-electron chi connectivity index (χ2n) is 3.41. The fourth-order valence-electron chi connectivity index (χ4n) is 1.24. The molecule has 1 aromatic rings. The Morgan fingerprint density at radius 1 is 1.43 bits per heavy atom. The maximum atomic E-state index is 11.2. The molecule has 1 saturated heterocycles. The Hall–Kier alpha value is -0.900. The van der Waals surface area contributed by atoms with E-state index in [1.54, 1.807) is 0 Å². The summed E-state index contributed by atoms with van der Waals surface area (Å²) in [7, 11) is 0. The molecule has 1 aromatic carbocycles. The van der Waals surface area contributed by atoms with E-state index in [2.05, 4.69) is 0 Å². The molecule has 0 bridgehead atoms. The molecule has 0 spiro atoms. The normalized spacial score (nSPS) is 21.9. The van der Waals surface area contributed by atoms with Gasteiger partial charge in [0, 0.05) is 6.61 Å². The van der Waals surface area contributed by atoms with E-state index in [9.17, 15) is 5.11 Å². The van der Waals surface area contributed by atoms with Gasteiger partial charge in [0.15, 0.2) is 0 Å². The summed E-state index contributed by atoms with van der Waals surface area (Å²) in [6.07, 6.45) is -0.829. The molecule has 0 amide bonds. The van der Waals surface area contributed by atoms with Crippen LogP contribution in [-0.2, 0) is 16.1 Å². The van der Waals surface area contributed by atoms with Crippen LogP contribution in [0.15, 0.2) is 30.3 Å². The van der Waals surface area contributed by atoms with Crippen LogP contribution >= 0.6 is 0 Å². The molecule has 1 aliphatic heterocycles. The topological polar surface area (TPSA) is 44.8 Å². The van der Waals surface area contributed by atoms with Crippen molar-refractivity contribution in [1.82, 2.24) is 0 Å². The SMILES string of the molecule is [O-][C@@H](COCc1ccccc1)[C@@H]1CO1. The summed E-state index contributed by atoms with van der Waals surface area (Å²) in [5, 5.41) is 11.2. The van der Waals surface area contributed by atoms with Crippen molar-refractivity contribution in [3.63, 3.8) is 0 Å². The van der Waals surface area contributed by atoms with Crippen molar-refractivity contribution in [3.8, 4) is 0 Å². The van der Waals surface area contributed by atoms with E-state index in [1.165, 1.54) is 0 Å². The van der Waals surface area contributed by atoms with Gasteiger partial charge in [0.05, 0.1) is 19.3 Å². The number of ether oxygens (including phenoxy) is 2. The minimum Gasteiger partial charge on any atom is -0.848 e. The van der Waals surface area contributed by atoms with Gasteiger partial charge in [-0.15, -0.1) is 0 Å². The first kappa shape index (κ1) is 9.65. The highest BCUT2D eigenvalue weighted by Crippen LogP contribution is 2.12. The second kappa shape index (κ2) is 4.55. The first-order valence-corrected chi connectivity index (χ1v) is 4.75. The largest absolute Gasteiger partial charge is 0.848 e. The smallest absolute Gasteiger partial charge is 0.0723 e. The van der Waals surface area contributed by atoms with Gasteiger partial charge in [-0.2, -0.15) is 0 Å². The molecular formula is C11H13O3-. The van der Waals surface area contributed by atoms with Gasteiger partial charge >= 0.3 is 0 Å².